The molecule has 9 heteroatoms. The number of nitrogens with one attached hydrogen (secondary N) is 2. The third kappa shape index (κ3) is 4.22. The second-order valence-corrected chi connectivity index (χ2v) is 9.01. The van der Waals surface area contributed by atoms with Crippen molar-refractivity contribution in [2.45, 2.75) is 17.9 Å². The Bertz CT molecular complexity index is 1080. The summed E-state index contributed by atoms with van der Waals surface area (Å²) in [6, 6.07) is 15.3. The second kappa shape index (κ2) is 8.09. The molecular formula is C19H19N3O4S2. The zero-order valence-electron chi connectivity index (χ0n) is 15.2. The van der Waals surface area contributed by atoms with E-state index in [2.05, 4.69) is 10.0 Å². The molecule has 28 heavy (non-hydrogen) atoms. The first-order chi connectivity index (χ1) is 13.3. The minimum atomic E-state index is -3.78. The molecule has 2 N–H and O–H groups in total. The molecule has 0 aliphatic carbocycles. The van der Waals surface area contributed by atoms with Crippen LogP contribution in [0, 0.1) is 17.0 Å². The number of nitro benzene ring substituents is 1. The van der Waals surface area contributed by atoms with Gasteiger partial charge in [-0.2, -0.15) is 0 Å². The highest BCUT2D eigenvalue weighted by atomic mass is 32.2. The van der Waals surface area contributed by atoms with Crippen molar-refractivity contribution in [2.75, 3.05) is 12.4 Å². The lowest BCUT2D eigenvalue weighted by atomic mass is 10.0. The van der Waals surface area contributed by atoms with Crippen molar-refractivity contribution in [3.63, 3.8) is 0 Å². The molecular weight excluding hydrogens is 398 g/mol. The number of benzene rings is 2. The molecule has 0 fully saturated rings. The fourth-order valence-electron chi connectivity index (χ4n) is 2.76. The number of hydrogen-bond donors (Lipinski definition) is 2. The molecule has 1 heterocycles. The van der Waals surface area contributed by atoms with E-state index in [1.165, 1.54) is 30.5 Å². The maximum absolute atomic E-state index is 12.0. The van der Waals surface area contributed by atoms with Gasteiger partial charge in [-0.3, -0.25) is 10.1 Å². The van der Waals surface area contributed by atoms with Crippen molar-refractivity contribution >= 4 is 32.7 Å². The molecule has 0 aliphatic heterocycles. The molecule has 146 valence electrons. The van der Waals surface area contributed by atoms with Crippen LogP contribution in [-0.4, -0.2) is 20.4 Å². The Kier molecular flexibility index (Phi) is 5.78. The molecule has 7 nitrogen and oxygen atoms in total. The van der Waals surface area contributed by atoms with Gasteiger partial charge in [0.1, 0.15) is 5.69 Å². The molecule has 3 aromatic rings. The quantitative estimate of drug-likeness (QED) is 0.446. The van der Waals surface area contributed by atoms with E-state index in [-0.39, 0.29) is 22.3 Å². The van der Waals surface area contributed by atoms with Gasteiger partial charge in [-0.25, -0.2) is 13.1 Å². The van der Waals surface area contributed by atoms with Crippen LogP contribution >= 0.6 is 11.3 Å². The lowest BCUT2D eigenvalue weighted by Crippen LogP contribution is -2.19. The highest BCUT2D eigenvalue weighted by Gasteiger charge is 2.23. The number of hydrogen-bond acceptors (Lipinski definition) is 6. The number of sulfonamides is 1. The fraction of sp³-hybridized carbons (Fsp3) is 0.158. The highest BCUT2D eigenvalue weighted by Crippen LogP contribution is 2.35. The molecule has 0 aliphatic rings. The first-order valence-corrected chi connectivity index (χ1v) is 10.8. The molecule has 1 aromatic heterocycles. The molecule has 0 spiro atoms. The predicted octanol–water partition coefficient (Wildman–Crippen LogP) is 4.07. The fourth-order valence-corrected chi connectivity index (χ4v) is 4.31. The number of rotatable bonds is 7. The second-order valence-electron chi connectivity index (χ2n) is 6.15. The minimum absolute atomic E-state index is 0.157. The maximum atomic E-state index is 12.0. The molecule has 0 saturated carbocycles. The summed E-state index contributed by atoms with van der Waals surface area (Å²) >= 11 is 1.54. The third-order valence-electron chi connectivity index (χ3n) is 4.28. The average molecular weight is 418 g/mol. The number of aryl methyl sites for hydroxylation is 1. The van der Waals surface area contributed by atoms with Crippen LogP contribution in [0.15, 0.2) is 64.9 Å². The van der Waals surface area contributed by atoms with Gasteiger partial charge in [0.25, 0.3) is 5.69 Å². The molecule has 0 saturated heterocycles. The molecule has 0 bridgehead atoms. The van der Waals surface area contributed by atoms with Crippen LogP contribution in [0.3, 0.4) is 0 Å². The van der Waals surface area contributed by atoms with Crippen LogP contribution < -0.4 is 10.0 Å². The molecule has 0 unspecified atom stereocenters. The summed E-state index contributed by atoms with van der Waals surface area (Å²) in [5.41, 5.74) is 2.01. The van der Waals surface area contributed by atoms with E-state index in [4.69, 9.17) is 0 Å². The lowest BCUT2D eigenvalue weighted by molar-refractivity contribution is -0.384. The Labute approximate surface area is 167 Å². The summed E-state index contributed by atoms with van der Waals surface area (Å²) in [4.78, 5) is 11.8. The predicted molar refractivity (Wildman–Crippen MR) is 110 cm³/mol. The molecule has 0 amide bonds. The van der Waals surface area contributed by atoms with Gasteiger partial charge in [0.05, 0.1) is 15.9 Å². The number of thiophene rings is 1. The van der Waals surface area contributed by atoms with Gasteiger partial charge in [-0.05, 0) is 43.1 Å². The van der Waals surface area contributed by atoms with Crippen molar-refractivity contribution in [3.05, 3.63) is 86.1 Å². The Morgan fingerprint density at radius 1 is 1.11 bits per heavy atom. The van der Waals surface area contributed by atoms with Gasteiger partial charge in [-0.15, -0.1) is 11.3 Å². The van der Waals surface area contributed by atoms with E-state index in [0.29, 0.717) is 0 Å². The Morgan fingerprint density at radius 3 is 2.39 bits per heavy atom. The topological polar surface area (TPSA) is 101 Å². The largest absolute Gasteiger partial charge is 0.368 e. The van der Waals surface area contributed by atoms with Crippen molar-refractivity contribution in [3.8, 4) is 0 Å². The van der Waals surface area contributed by atoms with Crippen LogP contribution in [0.1, 0.15) is 22.0 Å². The smallest absolute Gasteiger partial charge is 0.293 e. The van der Waals surface area contributed by atoms with E-state index in [0.717, 1.165) is 22.1 Å². The highest BCUT2D eigenvalue weighted by molar-refractivity contribution is 7.89. The SMILES string of the molecule is CNS(=O)(=O)c1ccc(N[C@@H](c2ccc(C)cc2)c2cccs2)c([N+](=O)[O-])c1. The van der Waals surface area contributed by atoms with Gasteiger partial charge in [0.15, 0.2) is 0 Å². The molecule has 1 atom stereocenters. The Morgan fingerprint density at radius 2 is 1.82 bits per heavy atom. The van der Waals surface area contributed by atoms with Crippen molar-refractivity contribution in [1.82, 2.24) is 4.72 Å². The van der Waals surface area contributed by atoms with Crippen LogP contribution in [0.25, 0.3) is 0 Å². The minimum Gasteiger partial charge on any atom is -0.368 e. The number of nitrogens with zero attached hydrogens (tertiary/aromatic N) is 1. The number of anilines is 1. The van der Waals surface area contributed by atoms with Gasteiger partial charge < -0.3 is 5.32 Å². The van der Waals surface area contributed by atoms with E-state index < -0.39 is 14.9 Å². The molecule has 0 radical (unpaired) electrons. The van der Waals surface area contributed by atoms with Gasteiger partial charge in [-0.1, -0.05) is 35.9 Å². The van der Waals surface area contributed by atoms with E-state index in [1.807, 2.05) is 48.7 Å². The van der Waals surface area contributed by atoms with Gasteiger partial charge >= 0.3 is 0 Å². The Hall–Kier alpha value is -2.75. The summed E-state index contributed by atoms with van der Waals surface area (Å²) in [5, 5.41) is 16.7. The van der Waals surface area contributed by atoms with E-state index in [1.54, 1.807) is 0 Å². The number of nitro groups is 1. The van der Waals surface area contributed by atoms with Crippen LogP contribution in [0.5, 0.6) is 0 Å². The first-order valence-electron chi connectivity index (χ1n) is 8.40. The van der Waals surface area contributed by atoms with Crippen LogP contribution in [-0.2, 0) is 10.0 Å². The monoisotopic (exact) mass is 417 g/mol. The van der Waals surface area contributed by atoms with Crippen LogP contribution in [0.2, 0.25) is 0 Å². The van der Waals surface area contributed by atoms with Crippen molar-refractivity contribution in [1.29, 1.82) is 0 Å². The maximum Gasteiger partial charge on any atom is 0.293 e. The zero-order chi connectivity index (χ0) is 20.3. The normalized spacial score (nSPS) is 12.5. The standard InChI is InChI=1S/C19H19N3O4S2/c1-13-5-7-14(8-6-13)19(18-4-3-11-27-18)21-16-10-9-15(28(25,26)20-2)12-17(16)22(23)24/h3-12,19-21H,1-2H3/t19-/m0/s1. The summed E-state index contributed by atoms with van der Waals surface area (Å²) in [6.45, 7) is 1.99. The summed E-state index contributed by atoms with van der Waals surface area (Å²) in [7, 11) is -2.52. The van der Waals surface area contributed by atoms with E-state index >= 15 is 0 Å². The summed E-state index contributed by atoms with van der Waals surface area (Å²) in [5.74, 6) is 0. The van der Waals surface area contributed by atoms with Gasteiger partial charge in [0, 0.05) is 10.9 Å². The van der Waals surface area contributed by atoms with Gasteiger partial charge in [0.2, 0.25) is 10.0 Å². The summed E-state index contributed by atoms with van der Waals surface area (Å²) < 4.78 is 26.2. The zero-order valence-corrected chi connectivity index (χ0v) is 16.9. The lowest BCUT2D eigenvalue weighted by Gasteiger charge is -2.20. The first kappa shape index (κ1) is 20.0. The van der Waals surface area contributed by atoms with E-state index in [9.17, 15) is 18.5 Å². The third-order valence-corrected chi connectivity index (χ3v) is 6.63. The van der Waals surface area contributed by atoms with Crippen molar-refractivity contribution < 1.29 is 13.3 Å². The molecule has 3 rings (SSSR count). The average Bonchev–Trinajstić information content (AvgIpc) is 3.21. The summed E-state index contributed by atoms with van der Waals surface area (Å²) in [6.07, 6.45) is 0. The Balaban J connectivity index is 2.05. The van der Waals surface area contributed by atoms with Crippen molar-refractivity contribution in [2.24, 2.45) is 0 Å². The molecule has 2 aromatic carbocycles. The van der Waals surface area contributed by atoms with Crippen LogP contribution in [0.4, 0.5) is 11.4 Å².